The van der Waals surface area contributed by atoms with Gasteiger partial charge >= 0.3 is 5.97 Å². The Kier molecular flexibility index (Phi) is 39.5. The first kappa shape index (κ1) is 62.1. The van der Waals surface area contributed by atoms with Gasteiger partial charge in [0.1, 0.15) is 18.3 Å². The van der Waals surface area contributed by atoms with Crippen molar-refractivity contribution in [1.29, 1.82) is 0 Å². The molecule has 390 valence electrons. The van der Waals surface area contributed by atoms with E-state index in [1.165, 1.54) is 174 Å². The van der Waals surface area contributed by atoms with Crippen LogP contribution in [0.25, 0.3) is 0 Å². The monoisotopic (exact) mass is 945 g/mol. The summed E-state index contributed by atoms with van der Waals surface area (Å²) in [4.78, 5) is 38.1. The number of hydrogen-bond acceptors (Lipinski definition) is 12. The van der Waals surface area contributed by atoms with Gasteiger partial charge in [0.25, 0.3) is 5.79 Å². The zero-order valence-electron chi connectivity index (χ0n) is 42.4. The number of esters is 1. The Hall–Kier alpha value is -1.91. The number of rotatable bonds is 46. The SMILES string of the molecule is CCCCCCCCCCCCCCCCC(CCCCCCCCCCCCCCCC)C(=O)NCCOCCOCCO[C@]1(C(=O)OC)C[C@H](O)[C@@H](NC(C)=O)[C@H]([C@H](O)[C@H](O)CO)O1. The molecular weight excluding hydrogens is 845 g/mol. The molecule has 14 nitrogen and oxygen atoms in total. The van der Waals surface area contributed by atoms with Gasteiger partial charge in [-0.2, -0.15) is 0 Å². The van der Waals surface area contributed by atoms with Crippen LogP contribution in [0.4, 0.5) is 0 Å². The van der Waals surface area contributed by atoms with E-state index in [9.17, 15) is 34.8 Å². The molecule has 0 saturated carbocycles. The summed E-state index contributed by atoms with van der Waals surface area (Å²) in [6.45, 7) is 5.97. The van der Waals surface area contributed by atoms with E-state index in [4.69, 9.17) is 23.7 Å². The molecule has 14 heteroatoms. The summed E-state index contributed by atoms with van der Waals surface area (Å²) in [5, 5.41) is 46.7. The first-order valence-corrected chi connectivity index (χ1v) is 26.8. The smallest absolute Gasteiger partial charge is 0.366 e. The molecule has 6 atom stereocenters. The first-order valence-electron chi connectivity index (χ1n) is 26.8. The van der Waals surface area contributed by atoms with E-state index in [1.54, 1.807) is 0 Å². The zero-order chi connectivity index (χ0) is 48.5. The number of hydrogen-bond donors (Lipinski definition) is 6. The molecule has 6 N–H and O–H groups in total. The van der Waals surface area contributed by atoms with Crippen LogP contribution < -0.4 is 10.6 Å². The average Bonchev–Trinajstić information content (AvgIpc) is 3.31. The highest BCUT2D eigenvalue weighted by molar-refractivity contribution is 5.79. The molecule has 1 saturated heterocycles. The van der Waals surface area contributed by atoms with Crippen molar-refractivity contribution in [3.05, 3.63) is 0 Å². The van der Waals surface area contributed by atoms with Gasteiger partial charge in [0.2, 0.25) is 11.8 Å². The fraction of sp³-hybridized carbons (Fsp3) is 0.942. The summed E-state index contributed by atoms with van der Waals surface area (Å²) < 4.78 is 27.8. The Labute approximate surface area is 401 Å². The number of ether oxygens (including phenoxy) is 5. The summed E-state index contributed by atoms with van der Waals surface area (Å²) in [5.41, 5.74) is 0. The van der Waals surface area contributed by atoms with E-state index >= 15 is 0 Å². The average molecular weight is 945 g/mol. The fourth-order valence-electron chi connectivity index (χ4n) is 8.98. The normalized spacial score (nSPS) is 19.5. The third kappa shape index (κ3) is 29.9. The van der Waals surface area contributed by atoms with Gasteiger partial charge in [-0.3, -0.25) is 9.59 Å². The molecule has 0 unspecified atom stereocenters. The summed E-state index contributed by atoms with van der Waals surface area (Å²) in [7, 11) is 1.11. The van der Waals surface area contributed by atoms with Gasteiger partial charge in [0.15, 0.2) is 0 Å². The maximum atomic E-state index is 13.4. The number of carbonyl (C=O) groups excluding carboxylic acids is 3. The highest BCUT2D eigenvalue weighted by Gasteiger charge is 2.56. The lowest BCUT2D eigenvalue weighted by molar-refractivity contribution is -0.314. The minimum Gasteiger partial charge on any atom is -0.465 e. The van der Waals surface area contributed by atoms with Crippen molar-refractivity contribution in [1.82, 2.24) is 10.6 Å². The zero-order valence-corrected chi connectivity index (χ0v) is 42.4. The molecule has 0 bridgehead atoms. The minimum absolute atomic E-state index is 0.0140. The van der Waals surface area contributed by atoms with Crippen LogP contribution in [0.3, 0.4) is 0 Å². The summed E-state index contributed by atoms with van der Waals surface area (Å²) in [6, 6.07) is -1.22. The van der Waals surface area contributed by atoms with E-state index in [1.807, 2.05) is 0 Å². The Morgan fingerprint density at radius 2 is 1.05 bits per heavy atom. The fourth-order valence-corrected chi connectivity index (χ4v) is 8.98. The lowest BCUT2D eigenvalue weighted by Crippen LogP contribution is -2.68. The van der Waals surface area contributed by atoms with Crippen molar-refractivity contribution in [2.45, 2.75) is 256 Å². The van der Waals surface area contributed by atoms with E-state index in [0.717, 1.165) is 32.8 Å². The van der Waals surface area contributed by atoms with Gasteiger partial charge in [-0.1, -0.05) is 194 Å². The minimum atomic E-state index is -2.18. The highest BCUT2D eigenvalue weighted by atomic mass is 16.7. The first-order chi connectivity index (χ1) is 32.1. The third-order valence-corrected chi connectivity index (χ3v) is 13.0. The molecule has 0 aromatic carbocycles. The van der Waals surface area contributed by atoms with E-state index in [2.05, 4.69) is 24.5 Å². The summed E-state index contributed by atoms with van der Waals surface area (Å²) >= 11 is 0. The molecule has 0 spiro atoms. The molecular formula is C52H100N2O12. The van der Waals surface area contributed by atoms with Crippen LogP contribution in [-0.2, 0) is 38.1 Å². The number of aliphatic hydroxyl groups excluding tert-OH is 4. The maximum absolute atomic E-state index is 13.4. The van der Waals surface area contributed by atoms with Crippen molar-refractivity contribution in [3.8, 4) is 0 Å². The molecule has 0 radical (unpaired) electrons. The topological polar surface area (TPSA) is 202 Å². The quantitative estimate of drug-likeness (QED) is 0.0251. The summed E-state index contributed by atoms with van der Waals surface area (Å²) in [5.74, 6) is -3.57. The second-order valence-electron chi connectivity index (χ2n) is 18.9. The van der Waals surface area contributed by atoms with Crippen LogP contribution in [0.15, 0.2) is 0 Å². The van der Waals surface area contributed by atoms with Gasteiger partial charge in [0.05, 0.1) is 58.9 Å². The molecule has 66 heavy (non-hydrogen) atoms. The van der Waals surface area contributed by atoms with Gasteiger partial charge < -0.3 is 54.7 Å². The van der Waals surface area contributed by atoms with E-state index in [-0.39, 0.29) is 38.3 Å². The second kappa shape index (κ2) is 42.0. The largest absolute Gasteiger partial charge is 0.465 e. The Morgan fingerprint density at radius 3 is 1.45 bits per heavy atom. The second-order valence-corrected chi connectivity index (χ2v) is 18.9. The van der Waals surface area contributed by atoms with Crippen molar-refractivity contribution >= 4 is 17.8 Å². The van der Waals surface area contributed by atoms with Crippen LogP contribution in [0.2, 0.25) is 0 Å². The predicted octanol–water partition coefficient (Wildman–Crippen LogP) is 8.75. The van der Waals surface area contributed by atoms with Crippen LogP contribution in [0.1, 0.15) is 220 Å². The van der Waals surface area contributed by atoms with Crippen molar-refractivity contribution in [2.24, 2.45) is 5.92 Å². The van der Waals surface area contributed by atoms with Gasteiger partial charge in [-0.15, -0.1) is 0 Å². The highest BCUT2D eigenvalue weighted by Crippen LogP contribution is 2.34. The molecule has 2 amide bonds. The molecule has 0 aromatic heterocycles. The number of unbranched alkanes of at least 4 members (excludes halogenated alkanes) is 26. The maximum Gasteiger partial charge on any atom is 0.366 e. The van der Waals surface area contributed by atoms with Gasteiger partial charge in [0, 0.05) is 25.8 Å². The third-order valence-electron chi connectivity index (χ3n) is 13.0. The molecule has 1 heterocycles. The number of amides is 2. The Bertz CT molecular complexity index is 1130. The van der Waals surface area contributed by atoms with E-state index in [0.29, 0.717) is 13.2 Å². The Morgan fingerprint density at radius 1 is 0.636 bits per heavy atom. The number of carbonyl (C=O) groups is 3. The van der Waals surface area contributed by atoms with Crippen molar-refractivity contribution < 1.29 is 58.5 Å². The van der Waals surface area contributed by atoms with E-state index < -0.39 is 61.1 Å². The molecule has 0 aliphatic carbocycles. The molecule has 1 fully saturated rings. The lowest BCUT2D eigenvalue weighted by atomic mass is 9.88. The molecule has 1 rings (SSSR count). The van der Waals surface area contributed by atoms with Crippen LogP contribution in [0.5, 0.6) is 0 Å². The Balaban J connectivity index is 2.45. The molecule has 1 aliphatic heterocycles. The van der Waals surface area contributed by atoms with Gasteiger partial charge in [-0.25, -0.2) is 4.79 Å². The van der Waals surface area contributed by atoms with Gasteiger partial charge in [-0.05, 0) is 12.8 Å². The number of aliphatic hydroxyl groups is 4. The predicted molar refractivity (Wildman–Crippen MR) is 261 cm³/mol. The standard InChI is InChI=1S/C52H100N2O12/c1-5-7-9-11-13-15-17-19-21-23-25-27-29-31-33-44(34-32-30-28-26-24-22-20-18-16-14-12-10-8-6-2)50(60)53-35-36-63-37-38-64-39-40-65-52(51(61)62-4)41-45(57)47(54-43(3)56)49(66-52)48(59)46(58)42-55/h44-49,55,57-59H,5-42H2,1-4H3,(H,53,60)(H,54,56)/t45-,46+,47+,48+,49+,52+/m0/s1. The number of methoxy groups -OCH3 is 1. The van der Waals surface area contributed by atoms with Crippen molar-refractivity contribution in [2.75, 3.05) is 53.3 Å². The van der Waals surface area contributed by atoms with Crippen LogP contribution in [0, 0.1) is 5.92 Å². The van der Waals surface area contributed by atoms with Crippen molar-refractivity contribution in [3.63, 3.8) is 0 Å². The molecule has 1 aliphatic rings. The lowest BCUT2D eigenvalue weighted by Gasteiger charge is -2.46. The number of nitrogens with one attached hydrogen (secondary N) is 2. The molecule has 0 aromatic rings. The summed E-state index contributed by atoms with van der Waals surface area (Å²) in [6.07, 6.45) is 31.9. The van der Waals surface area contributed by atoms with Crippen LogP contribution in [-0.4, -0.2) is 128 Å². The van der Waals surface area contributed by atoms with Crippen LogP contribution >= 0.6 is 0 Å².